The van der Waals surface area contributed by atoms with E-state index < -0.39 is 6.10 Å². The molecule has 0 saturated carbocycles. The van der Waals surface area contributed by atoms with Crippen molar-refractivity contribution in [3.63, 3.8) is 0 Å². The third kappa shape index (κ3) is 4.31. The molecule has 1 heterocycles. The first-order valence-corrected chi connectivity index (χ1v) is 8.54. The molecule has 6 heteroatoms. The van der Waals surface area contributed by atoms with Crippen LogP contribution in [0.2, 0.25) is 5.02 Å². The van der Waals surface area contributed by atoms with Crippen molar-refractivity contribution in [3.8, 4) is 5.75 Å². The van der Waals surface area contributed by atoms with Crippen LogP contribution in [0.15, 0.2) is 48.5 Å². The number of hydrogen-bond acceptors (Lipinski definition) is 3. The number of carbonyl (C=O) groups excluding carboxylic acids is 2. The minimum Gasteiger partial charge on any atom is -0.481 e. The molecule has 1 aliphatic heterocycles. The van der Waals surface area contributed by atoms with Crippen LogP contribution in [0.3, 0.4) is 0 Å². The molecule has 1 saturated heterocycles. The highest BCUT2D eigenvalue weighted by molar-refractivity contribution is 6.30. The Bertz CT molecular complexity index is 759. The summed E-state index contributed by atoms with van der Waals surface area (Å²) in [5.74, 6) is 0.469. The number of rotatable bonds is 5. The number of benzene rings is 2. The molecule has 0 radical (unpaired) electrons. The summed E-state index contributed by atoms with van der Waals surface area (Å²) in [4.78, 5) is 25.8. The fourth-order valence-corrected chi connectivity index (χ4v) is 2.79. The van der Waals surface area contributed by atoms with Crippen LogP contribution >= 0.6 is 11.6 Å². The van der Waals surface area contributed by atoms with Gasteiger partial charge in [-0.1, -0.05) is 11.6 Å². The molecule has 0 bridgehead atoms. The van der Waals surface area contributed by atoms with Gasteiger partial charge in [0.25, 0.3) is 5.91 Å². The number of hydrogen-bond donors (Lipinski definition) is 1. The van der Waals surface area contributed by atoms with Gasteiger partial charge in [0.15, 0.2) is 6.10 Å². The van der Waals surface area contributed by atoms with E-state index in [0.717, 1.165) is 18.7 Å². The average Bonchev–Trinajstić information content (AvgIpc) is 3.03. The maximum atomic E-state index is 12.3. The minimum atomic E-state index is -0.652. The van der Waals surface area contributed by atoms with E-state index in [1.807, 2.05) is 12.1 Å². The molecule has 1 atom stereocenters. The third-order valence-corrected chi connectivity index (χ3v) is 4.27. The second-order valence-electron chi connectivity index (χ2n) is 5.90. The van der Waals surface area contributed by atoms with Gasteiger partial charge in [-0.25, -0.2) is 0 Å². The number of ether oxygens (including phenoxy) is 1. The lowest BCUT2D eigenvalue weighted by Gasteiger charge is -2.17. The maximum Gasteiger partial charge on any atom is 0.265 e. The lowest BCUT2D eigenvalue weighted by molar-refractivity contribution is -0.122. The van der Waals surface area contributed by atoms with Gasteiger partial charge < -0.3 is 15.0 Å². The zero-order valence-electron chi connectivity index (χ0n) is 13.9. The number of amides is 2. The molecule has 3 rings (SSSR count). The highest BCUT2D eigenvalue weighted by Crippen LogP contribution is 2.23. The highest BCUT2D eigenvalue weighted by Gasteiger charge is 2.21. The Labute approximate surface area is 151 Å². The third-order valence-electron chi connectivity index (χ3n) is 4.02. The smallest absolute Gasteiger partial charge is 0.265 e. The van der Waals surface area contributed by atoms with Gasteiger partial charge in [0.1, 0.15) is 5.75 Å². The molecule has 130 valence electrons. The van der Waals surface area contributed by atoms with Gasteiger partial charge in [-0.2, -0.15) is 0 Å². The van der Waals surface area contributed by atoms with Crippen molar-refractivity contribution < 1.29 is 14.3 Å². The molecule has 2 aromatic carbocycles. The lowest BCUT2D eigenvalue weighted by atomic mass is 10.2. The van der Waals surface area contributed by atoms with E-state index in [0.29, 0.717) is 22.9 Å². The van der Waals surface area contributed by atoms with E-state index in [4.69, 9.17) is 16.3 Å². The van der Waals surface area contributed by atoms with E-state index in [1.165, 1.54) is 0 Å². The summed E-state index contributed by atoms with van der Waals surface area (Å²) in [5.41, 5.74) is 1.51. The fraction of sp³-hybridized carbons (Fsp3) is 0.263. The van der Waals surface area contributed by atoms with E-state index in [-0.39, 0.29) is 11.8 Å². The number of nitrogens with one attached hydrogen (secondary N) is 1. The molecule has 0 spiro atoms. The van der Waals surface area contributed by atoms with E-state index in [1.54, 1.807) is 48.2 Å². The van der Waals surface area contributed by atoms with Crippen molar-refractivity contribution in [2.45, 2.75) is 25.9 Å². The van der Waals surface area contributed by atoms with Crippen LogP contribution in [0, 0.1) is 0 Å². The Hall–Kier alpha value is -2.53. The molecule has 2 aromatic rings. The summed E-state index contributed by atoms with van der Waals surface area (Å²) in [6.07, 6.45) is 0.829. The number of anilines is 2. The molecule has 2 amide bonds. The SMILES string of the molecule is C[C@@H](Oc1ccc(Cl)cc1)C(=O)Nc1ccc(N2CCCC2=O)cc1. The summed E-state index contributed by atoms with van der Waals surface area (Å²) < 4.78 is 5.60. The van der Waals surface area contributed by atoms with Crippen LogP contribution in [0.5, 0.6) is 5.75 Å². The zero-order valence-corrected chi connectivity index (χ0v) is 14.6. The molecule has 1 N–H and O–H groups in total. The summed E-state index contributed by atoms with van der Waals surface area (Å²) >= 11 is 5.83. The van der Waals surface area contributed by atoms with Crippen molar-refractivity contribution in [1.29, 1.82) is 0 Å². The van der Waals surface area contributed by atoms with Crippen LogP contribution in [-0.2, 0) is 9.59 Å². The molecular formula is C19H19ClN2O3. The summed E-state index contributed by atoms with van der Waals surface area (Å²) in [6, 6.07) is 14.1. The Morgan fingerprint density at radius 2 is 1.84 bits per heavy atom. The fourth-order valence-electron chi connectivity index (χ4n) is 2.66. The largest absolute Gasteiger partial charge is 0.481 e. The minimum absolute atomic E-state index is 0.141. The number of nitrogens with zero attached hydrogens (tertiary/aromatic N) is 1. The second kappa shape index (κ2) is 7.57. The Balaban J connectivity index is 1.58. The van der Waals surface area contributed by atoms with Crippen LogP contribution in [0.25, 0.3) is 0 Å². The van der Waals surface area contributed by atoms with E-state index in [9.17, 15) is 9.59 Å². The highest BCUT2D eigenvalue weighted by atomic mass is 35.5. The monoisotopic (exact) mass is 358 g/mol. The Kier molecular flexibility index (Phi) is 5.24. The number of carbonyl (C=O) groups is 2. The van der Waals surface area contributed by atoms with Gasteiger partial charge in [0.05, 0.1) is 0 Å². The quantitative estimate of drug-likeness (QED) is 0.882. The Morgan fingerprint density at radius 1 is 1.16 bits per heavy atom. The van der Waals surface area contributed by atoms with Crippen molar-refractivity contribution in [2.24, 2.45) is 0 Å². The van der Waals surface area contributed by atoms with Crippen molar-refractivity contribution in [1.82, 2.24) is 0 Å². The predicted octanol–water partition coefficient (Wildman–Crippen LogP) is 3.87. The molecule has 0 aliphatic carbocycles. The van der Waals surface area contributed by atoms with Gasteiger partial charge >= 0.3 is 0 Å². The topological polar surface area (TPSA) is 58.6 Å². The summed E-state index contributed by atoms with van der Waals surface area (Å²) in [6.45, 7) is 2.43. The molecule has 1 fully saturated rings. The van der Waals surface area contributed by atoms with Gasteiger partial charge in [-0.3, -0.25) is 9.59 Å². The maximum absolute atomic E-state index is 12.3. The van der Waals surface area contributed by atoms with Gasteiger partial charge in [0, 0.05) is 29.4 Å². The lowest BCUT2D eigenvalue weighted by Crippen LogP contribution is -2.30. The van der Waals surface area contributed by atoms with Crippen LogP contribution in [-0.4, -0.2) is 24.5 Å². The van der Waals surface area contributed by atoms with Crippen molar-refractivity contribution in [3.05, 3.63) is 53.6 Å². The first-order valence-electron chi connectivity index (χ1n) is 8.16. The molecule has 1 aliphatic rings. The molecule has 0 aromatic heterocycles. The summed E-state index contributed by atoms with van der Waals surface area (Å²) in [5, 5.41) is 3.42. The van der Waals surface area contributed by atoms with Gasteiger partial charge in [-0.15, -0.1) is 0 Å². The molecule has 5 nitrogen and oxygen atoms in total. The summed E-state index contributed by atoms with van der Waals surface area (Å²) in [7, 11) is 0. The average molecular weight is 359 g/mol. The predicted molar refractivity (Wildman–Crippen MR) is 98.2 cm³/mol. The molecule has 25 heavy (non-hydrogen) atoms. The number of halogens is 1. The first-order chi connectivity index (χ1) is 12.0. The molecular weight excluding hydrogens is 340 g/mol. The van der Waals surface area contributed by atoms with Crippen LogP contribution in [0.4, 0.5) is 11.4 Å². The van der Waals surface area contributed by atoms with Gasteiger partial charge in [-0.05, 0) is 61.9 Å². The van der Waals surface area contributed by atoms with Crippen LogP contribution < -0.4 is 15.0 Å². The molecule has 0 unspecified atom stereocenters. The van der Waals surface area contributed by atoms with Crippen molar-refractivity contribution in [2.75, 3.05) is 16.8 Å². The van der Waals surface area contributed by atoms with Crippen LogP contribution in [0.1, 0.15) is 19.8 Å². The second-order valence-corrected chi connectivity index (χ2v) is 6.34. The van der Waals surface area contributed by atoms with Crippen molar-refractivity contribution >= 4 is 34.8 Å². The Morgan fingerprint density at radius 3 is 2.44 bits per heavy atom. The normalized spacial score (nSPS) is 15.1. The van der Waals surface area contributed by atoms with E-state index >= 15 is 0 Å². The first kappa shape index (κ1) is 17.3. The van der Waals surface area contributed by atoms with Gasteiger partial charge in [0.2, 0.25) is 5.91 Å². The zero-order chi connectivity index (χ0) is 17.8. The standard InChI is InChI=1S/C19H19ClN2O3/c1-13(25-17-10-4-14(20)5-11-17)19(24)21-15-6-8-16(9-7-15)22-12-2-3-18(22)23/h4-11,13H,2-3,12H2,1H3,(H,21,24)/t13-/m1/s1. The van der Waals surface area contributed by atoms with E-state index in [2.05, 4.69) is 5.32 Å².